The van der Waals surface area contributed by atoms with E-state index in [-0.39, 0.29) is 0 Å². The number of fused-ring (bicyclic) bond motifs is 3. The molecule has 1 unspecified atom stereocenters. The number of halogens is 1. The normalized spacial score (nSPS) is 27.8. The molecule has 1 aromatic rings. The van der Waals surface area contributed by atoms with Crippen LogP contribution in [0.3, 0.4) is 0 Å². The first-order valence-electron chi connectivity index (χ1n) is 7.28. The third kappa shape index (κ3) is 4.14. The SMILES string of the molecule is S=C(N/N=C/c1cccc(I)c1)NC1CN2CCC1CC2. The summed E-state index contributed by atoms with van der Waals surface area (Å²) in [6.45, 7) is 3.59. The van der Waals surface area contributed by atoms with E-state index in [0.717, 1.165) is 18.0 Å². The summed E-state index contributed by atoms with van der Waals surface area (Å²) in [5.74, 6) is 0.759. The van der Waals surface area contributed by atoms with Crippen molar-refractivity contribution in [2.75, 3.05) is 19.6 Å². The lowest BCUT2D eigenvalue weighted by Crippen LogP contribution is -2.58. The van der Waals surface area contributed by atoms with E-state index in [1.54, 1.807) is 6.21 Å². The molecule has 3 heterocycles. The molecule has 4 rings (SSSR count). The lowest BCUT2D eigenvalue weighted by atomic mass is 9.84. The Hall–Kier alpha value is -0.730. The third-order valence-corrected chi connectivity index (χ3v) is 5.08. The van der Waals surface area contributed by atoms with Crippen molar-refractivity contribution in [2.24, 2.45) is 11.0 Å². The van der Waals surface area contributed by atoms with Gasteiger partial charge in [0.2, 0.25) is 0 Å². The number of nitrogens with zero attached hydrogens (tertiary/aromatic N) is 2. The molecule has 2 bridgehead atoms. The molecule has 3 aliphatic rings. The molecule has 2 N–H and O–H groups in total. The van der Waals surface area contributed by atoms with E-state index in [9.17, 15) is 0 Å². The average molecular weight is 414 g/mol. The van der Waals surface area contributed by atoms with Crippen LogP contribution in [0.2, 0.25) is 0 Å². The molecule has 3 fully saturated rings. The van der Waals surface area contributed by atoms with E-state index in [2.05, 4.69) is 55.5 Å². The van der Waals surface area contributed by atoms with Gasteiger partial charge in [0.05, 0.1) is 6.21 Å². The molecule has 0 aromatic heterocycles. The number of hydrogen-bond donors (Lipinski definition) is 2. The van der Waals surface area contributed by atoms with Crippen LogP contribution in [0, 0.1) is 9.49 Å². The molecule has 3 aliphatic heterocycles. The van der Waals surface area contributed by atoms with Crippen LogP contribution in [-0.4, -0.2) is 41.9 Å². The number of piperidine rings is 3. The van der Waals surface area contributed by atoms with E-state index in [1.165, 1.54) is 29.5 Å². The minimum Gasteiger partial charge on any atom is -0.357 e. The summed E-state index contributed by atoms with van der Waals surface area (Å²) in [5.41, 5.74) is 4.00. The van der Waals surface area contributed by atoms with E-state index < -0.39 is 0 Å². The van der Waals surface area contributed by atoms with Gasteiger partial charge in [0.1, 0.15) is 0 Å². The quantitative estimate of drug-likeness (QED) is 0.344. The largest absolute Gasteiger partial charge is 0.357 e. The van der Waals surface area contributed by atoms with E-state index in [1.807, 2.05) is 12.1 Å². The molecular weight excluding hydrogens is 395 g/mol. The maximum absolute atomic E-state index is 5.34. The van der Waals surface area contributed by atoms with E-state index >= 15 is 0 Å². The Kier molecular flexibility index (Phi) is 5.07. The molecule has 1 aromatic carbocycles. The maximum atomic E-state index is 5.34. The zero-order valence-corrected chi connectivity index (χ0v) is 14.7. The fourth-order valence-electron chi connectivity index (χ4n) is 3.08. The highest BCUT2D eigenvalue weighted by molar-refractivity contribution is 14.1. The summed E-state index contributed by atoms with van der Waals surface area (Å²) < 4.78 is 1.20. The van der Waals surface area contributed by atoms with Crippen molar-refractivity contribution in [3.8, 4) is 0 Å². The zero-order chi connectivity index (χ0) is 14.7. The highest BCUT2D eigenvalue weighted by atomic mass is 127. The van der Waals surface area contributed by atoms with Gasteiger partial charge in [0, 0.05) is 16.2 Å². The molecular formula is C15H19IN4S. The monoisotopic (exact) mass is 414 g/mol. The number of thiocarbonyl (C=S) groups is 1. The van der Waals surface area contributed by atoms with Gasteiger partial charge < -0.3 is 10.2 Å². The number of rotatable bonds is 3. The maximum Gasteiger partial charge on any atom is 0.187 e. The van der Waals surface area contributed by atoms with Gasteiger partial charge in [0.15, 0.2) is 5.11 Å². The van der Waals surface area contributed by atoms with Crippen LogP contribution >= 0.6 is 34.8 Å². The van der Waals surface area contributed by atoms with Crippen LogP contribution < -0.4 is 10.7 Å². The molecule has 0 spiro atoms. The van der Waals surface area contributed by atoms with Crippen molar-refractivity contribution in [1.82, 2.24) is 15.6 Å². The Bertz CT molecular complexity index is 540. The zero-order valence-electron chi connectivity index (χ0n) is 11.8. The van der Waals surface area contributed by atoms with Crippen LogP contribution in [0.25, 0.3) is 0 Å². The van der Waals surface area contributed by atoms with Gasteiger partial charge >= 0.3 is 0 Å². The molecule has 21 heavy (non-hydrogen) atoms. The highest BCUT2D eigenvalue weighted by Crippen LogP contribution is 2.27. The Labute approximate surface area is 144 Å². The number of benzene rings is 1. The highest BCUT2D eigenvalue weighted by Gasteiger charge is 2.34. The molecule has 4 nitrogen and oxygen atoms in total. The lowest BCUT2D eigenvalue weighted by molar-refractivity contribution is 0.0812. The van der Waals surface area contributed by atoms with Crippen LogP contribution in [0.5, 0.6) is 0 Å². The second-order valence-electron chi connectivity index (χ2n) is 5.64. The first kappa shape index (κ1) is 15.2. The van der Waals surface area contributed by atoms with Crippen LogP contribution in [0.1, 0.15) is 18.4 Å². The predicted octanol–water partition coefficient (Wildman–Crippen LogP) is 2.18. The molecule has 0 radical (unpaired) electrons. The van der Waals surface area contributed by atoms with Crippen molar-refractivity contribution in [3.05, 3.63) is 33.4 Å². The molecule has 3 saturated heterocycles. The second kappa shape index (κ2) is 7.02. The average Bonchev–Trinajstić information content (AvgIpc) is 2.48. The minimum absolute atomic E-state index is 0.473. The molecule has 6 heteroatoms. The number of hydrazone groups is 1. The van der Waals surface area contributed by atoms with Crippen LogP contribution in [-0.2, 0) is 0 Å². The van der Waals surface area contributed by atoms with Crippen LogP contribution in [0.15, 0.2) is 29.4 Å². The Balaban J connectivity index is 1.48. The Morgan fingerprint density at radius 1 is 1.38 bits per heavy atom. The molecule has 1 atom stereocenters. The van der Waals surface area contributed by atoms with Gasteiger partial charge in [-0.05, 0) is 84.4 Å². The summed E-state index contributed by atoms with van der Waals surface area (Å²) in [5, 5.41) is 8.25. The first-order valence-corrected chi connectivity index (χ1v) is 8.77. The molecule has 0 aliphatic carbocycles. The third-order valence-electron chi connectivity index (χ3n) is 4.20. The Morgan fingerprint density at radius 3 is 2.86 bits per heavy atom. The predicted molar refractivity (Wildman–Crippen MR) is 98.6 cm³/mol. The summed E-state index contributed by atoms with van der Waals surface area (Å²) in [6, 6.07) is 8.66. The van der Waals surface area contributed by atoms with Gasteiger partial charge in [-0.15, -0.1) is 0 Å². The fourth-order valence-corrected chi connectivity index (χ4v) is 3.85. The van der Waals surface area contributed by atoms with Gasteiger partial charge in [-0.25, -0.2) is 0 Å². The summed E-state index contributed by atoms with van der Waals surface area (Å²) in [7, 11) is 0. The number of nitrogens with one attached hydrogen (secondary N) is 2. The van der Waals surface area contributed by atoms with Crippen molar-refractivity contribution in [1.29, 1.82) is 0 Å². The number of hydrogen-bond acceptors (Lipinski definition) is 3. The van der Waals surface area contributed by atoms with Gasteiger partial charge in [-0.3, -0.25) is 5.43 Å². The van der Waals surface area contributed by atoms with Gasteiger partial charge in [0.25, 0.3) is 0 Å². The van der Waals surface area contributed by atoms with E-state index in [0.29, 0.717) is 11.2 Å². The van der Waals surface area contributed by atoms with Crippen molar-refractivity contribution >= 4 is 46.1 Å². The fraction of sp³-hybridized carbons (Fsp3) is 0.467. The standard InChI is InChI=1S/C15H19IN4S/c16-13-3-1-2-11(8-13)9-17-19-15(21)18-14-10-20-6-4-12(14)5-7-20/h1-3,8-9,12,14H,4-7,10H2,(H2,18,19,21)/b17-9+. The summed E-state index contributed by atoms with van der Waals surface area (Å²) in [4.78, 5) is 2.51. The molecule has 0 saturated carbocycles. The van der Waals surface area contributed by atoms with Crippen molar-refractivity contribution < 1.29 is 0 Å². The van der Waals surface area contributed by atoms with Crippen LogP contribution in [0.4, 0.5) is 0 Å². The smallest absolute Gasteiger partial charge is 0.187 e. The molecule has 0 amide bonds. The molecule has 112 valence electrons. The second-order valence-corrected chi connectivity index (χ2v) is 7.30. The lowest BCUT2D eigenvalue weighted by Gasteiger charge is -2.45. The van der Waals surface area contributed by atoms with Crippen molar-refractivity contribution in [3.63, 3.8) is 0 Å². The van der Waals surface area contributed by atoms with Gasteiger partial charge in [-0.2, -0.15) is 5.10 Å². The summed E-state index contributed by atoms with van der Waals surface area (Å²) in [6.07, 6.45) is 4.37. The Morgan fingerprint density at radius 2 is 2.19 bits per heavy atom. The summed E-state index contributed by atoms with van der Waals surface area (Å²) >= 11 is 7.63. The van der Waals surface area contributed by atoms with E-state index in [4.69, 9.17) is 12.2 Å². The minimum atomic E-state index is 0.473. The topological polar surface area (TPSA) is 39.7 Å². The van der Waals surface area contributed by atoms with Gasteiger partial charge in [-0.1, -0.05) is 12.1 Å². The first-order chi connectivity index (χ1) is 10.2. The van der Waals surface area contributed by atoms with Crippen molar-refractivity contribution in [2.45, 2.75) is 18.9 Å².